The van der Waals surface area contributed by atoms with Crippen LogP contribution in [-0.2, 0) is 4.74 Å². The molecule has 0 heterocycles. The highest BCUT2D eigenvalue weighted by Crippen LogP contribution is 2.08. The number of unbranched alkanes of at least 4 members (excludes halogenated alkanes) is 3. The quantitative estimate of drug-likeness (QED) is 0.480. The van der Waals surface area contributed by atoms with E-state index in [2.05, 4.69) is 6.92 Å². The van der Waals surface area contributed by atoms with Crippen LogP contribution in [0.5, 0.6) is 0 Å². The van der Waals surface area contributed by atoms with Gasteiger partial charge in [-0.05, 0) is 13.3 Å². The molecule has 0 aliphatic rings. The van der Waals surface area contributed by atoms with Crippen molar-refractivity contribution in [3.63, 3.8) is 0 Å². The Kier molecular flexibility index (Phi) is 9.90. The van der Waals surface area contributed by atoms with Gasteiger partial charge in [0.05, 0.1) is 24.7 Å². The lowest BCUT2D eigenvalue weighted by Gasteiger charge is -2.14. The van der Waals surface area contributed by atoms with Gasteiger partial charge in [-0.3, -0.25) is 0 Å². The SMILES string of the molecule is CCCCCC[C@H](C)OC[C@@H](O)CCl. The van der Waals surface area contributed by atoms with Crippen LogP contribution < -0.4 is 0 Å². The van der Waals surface area contributed by atoms with Crippen LogP contribution >= 0.6 is 11.6 Å². The number of ether oxygens (including phenoxy) is 1. The maximum atomic E-state index is 9.16. The van der Waals surface area contributed by atoms with Gasteiger partial charge in [0.15, 0.2) is 0 Å². The zero-order chi connectivity index (χ0) is 10.8. The molecule has 0 saturated heterocycles. The van der Waals surface area contributed by atoms with Gasteiger partial charge in [-0.15, -0.1) is 11.6 Å². The number of aliphatic hydroxyl groups excluding tert-OH is 1. The Morgan fingerprint density at radius 3 is 2.57 bits per heavy atom. The number of hydrogen-bond acceptors (Lipinski definition) is 2. The topological polar surface area (TPSA) is 29.5 Å². The number of alkyl halides is 1. The van der Waals surface area contributed by atoms with Crippen molar-refractivity contribution >= 4 is 11.6 Å². The van der Waals surface area contributed by atoms with Crippen molar-refractivity contribution in [3.05, 3.63) is 0 Å². The average Bonchev–Trinajstić information content (AvgIpc) is 2.21. The lowest BCUT2D eigenvalue weighted by Crippen LogP contribution is -2.21. The van der Waals surface area contributed by atoms with Crippen molar-refractivity contribution in [2.24, 2.45) is 0 Å². The Hall–Kier alpha value is 0.210. The molecule has 0 aromatic carbocycles. The Labute approximate surface area is 92.6 Å². The summed E-state index contributed by atoms with van der Waals surface area (Å²) in [5, 5.41) is 9.16. The minimum Gasteiger partial charge on any atom is -0.389 e. The van der Waals surface area contributed by atoms with E-state index in [1.807, 2.05) is 6.92 Å². The molecule has 2 atom stereocenters. The number of aliphatic hydroxyl groups is 1. The third-order valence-electron chi connectivity index (χ3n) is 2.22. The fourth-order valence-corrected chi connectivity index (χ4v) is 1.35. The molecule has 0 rings (SSSR count). The van der Waals surface area contributed by atoms with Gasteiger partial charge in [0.1, 0.15) is 0 Å². The standard InChI is InChI=1S/C11H23ClO2/c1-3-4-5-6-7-10(2)14-9-11(13)8-12/h10-11,13H,3-9H2,1-2H3/t10-,11-/m0/s1. The Balaban J connectivity index is 3.23. The van der Waals surface area contributed by atoms with Crippen molar-refractivity contribution < 1.29 is 9.84 Å². The Morgan fingerprint density at radius 2 is 2.00 bits per heavy atom. The highest BCUT2D eigenvalue weighted by Gasteiger charge is 2.06. The van der Waals surface area contributed by atoms with Crippen LogP contribution in [-0.4, -0.2) is 29.8 Å². The van der Waals surface area contributed by atoms with Crippen molar-refractivity contribution in [1.29, 1.82) is 0 Å². The first kappa shape index (κ1) is 14.2. The van der Waals surface area contributed by atoms with E-state index in [9.17, 15) is 0 Å². The minimum atomic E-state index is -0.519. The molecule has 0 bridgehead atoms. The first-order valence-corrected chi connectivity index (χ1v) is 6.09. The summed E-state index contributed by atoms with van der Waals surface area (Å²) < 4.78 is 5.44. The van der Waals surface area contributed by atoms with E-state index in [0.717, 1.165) is 6.42 Å². The molecule has 0 spiro atoms. The zero-order valence-corrected chi connectivity index (χ0v) is 10.1. The molecule has 0 amide bonds. The van der Waals surface area contributed by atoms with E-state index in [1.165, 1.54) is 25.7 Å². The van der Waals surface area contributed by atoms with Gasteiger partial charge in [0.2, 0.25) is 0 Å². The summed E-state index contributed by atoms with van der Waals surface area (Å²) in [4.78, 5) is 0. The van der Waals surface area contributed by atoms with Gasteiger partial charge < -0.3 is 9.84 Å². The van der Waals surface area contributed by atoms with Crippen molar-refractivity contribution in [1.82, 2.24) is 0 Å². The fourth-order valence-electron chi connectivity index (χ4n) is 1.26. The Morgan fingerprint density at radius 1 is 1.29 bits per heavy atom. The predicted molar refractivity (Wildman–Crippen MR) is 60.9 cm³/mol. The largest absolute Gasteiger partial charge is 0.389 e. The normalized spacial score (nSPS) is 15.4. The molecule has 0 radical (unpaired) electrons. The maximum absolute atomic E-state index is 9.16. The molecule has 0 fully saturated rings. The molecular weight excluding hydrogens is 200 g/mol. The molecule has 86 valence electrons. The molecule has 0 aliphatic carbocycles. The van der Waals surface area contributed by atoms with Gasteiger partial charge in [0, 0.05) is 0 Å². The first-order valence-electron chi connectivity index (χ1n) is 5.56. The van der Waals surface area contributed by atoms with Crippen LogP contribution in [0.1, 0.15) is 46.0 Å². The van der Waals surface area contributed by atoms with E-state index in [-0.39, 0.29) is 12.0 Å². The van der Waals surface area contributed by atoms with Crippen LogP contribution in [0.3, 0.4) is 0 Å². The van der Waals surface area contributed by atoms with Crippen molar-refractivity contribution in [3.8, 4) is 0 Å². The second-order valence-electron chi connectivity index (χ2n) is 3.80. The van der Waals surface area contributed by atoms with E-state index >= 15 is 0 Å². The third kappa shape index (κ3) is 8.79. The first-order chi connectivity index (χ1) is 6.70. The smallest absolute Gasteiger partial charge is 0.0908 e. The number of hydrogen-bond donors (Lipinski definition) is 1. The predicted octanol–water partition coefficient (Wildman–Crippen LogP) is 2.96. The van der Waals surface area contributed by atoms with Gasteiger partial charge >= 0.3 is 0 Å². The summed E-state index contributed by atoms with van der Waals surface area (Å²) in [5.74, 6) is 0.253. The molecule has 0 saturated carbocycles. The second-order valence-corrected chi connectivity index (χ2v) is 4.11. The van der Waals surface area contributed by atoms with Gasteiger partial charge in [-0.2, -0.15) is 0 Å². The van der Waals surface area contributed by atoms with Crippen LogP contribution in [0.15, 0.2) is 0 Å². The molecule has 3 heteroatoms. The third-order valence-corrected chi connectivity index (χ3v) is 2.57. The van der Waals surface area contributed by atoms with E-state index in [1.54, 1.807) is 0 Å². The van der Waals surface area contributed by atoms with Gasteiger partial charge in [-0.1, -0.05) is 32.6 Å². The summed E-state index contributed by atoms with van der Waals surface area (Å²) in [5.41, 5.74) is 0. The van der Waals surface area contributed by atoms with Crippen molar-refractivity contribution in [2.45, 2.75) is 58.2 Å². The van der Waals surface area contributed by atoms with Crippen LogP contribution in [0.4, 0.5) is 0 Å². The highest BCUT2D eigenvalue weighted by molar-refractivity contribution is 6.18. The molecule has 14 heavy (non-hydrogen) atoms. The minimum absolute atomic E-state index is 0.240. The van der Waals surface area contributed by atoms with Gasteiger partial charge in [0.25, 0.3) is 0 Å². The zero-order valence-electron chi connectivity index (χ0n) is 9.34. The van der Waals surface area contributed by atoms with E-state index in [4.69, 9.17) is 21.4 Å². The fraction of sp³-hybridized carbons (Fsp3) is 1.00. The van der Waals surface area contributed by atoms with Crippen LogP contribution in [0.25, 0.3) is 0 Å². The van der Waals surface area contributed by atoms with E-state index < -0.39 is 6.10 Å². The molecule has 0 aliphatic heterocycles. The van der Waals surface area contributed by atoms with Gasteiger partial charge in [-0.25, -0.2) is 0 Å². The lowest BCUT2D eigenvalue weighted by atomic mass is 10.1. The summed E-state index contributed by atoms with van der Waals surface area (Å²) in [6, 6.07) is 0. The molecule has 2 nitrogen and oxygen atoms in total. The van der Waals surface area contributed by atoms with Crippen LogP contribution in [0.2, 0.25) is 0 Å². The summed E-state index contributed by atoms with van der Waals surface area (Å²) >= 11 is 5.45. The number of rotatable bonds is 9. The molecule has 0 unspecified atom stereocenters. The molecule has 0 aromatic heterocycles. The second kappa shape index (κ2) is 9.75. The lowest BCUT2D eigenvalue weighted by molar-refractivity contribution is 0.00244. The highest BCUT2D eigenvalue weighted by atomic mass is 35.5. The summed E-state index contributed by atoms with van der Waals surface area (Å²) in [6.07, 6.45) is 5.86. The molecular formula is C11H23ClO2. The monoisotopic (exact) mass is 222 g/mol. The van der Waals surface area contributed by atoms with Crippen LogP contribution in [0, 0.1) is 0 Å². The molecule has 0 aromatic rings. The average molecular weight is 223 g/mol. The summed E-state index contributed by atoms with van der Waals surface area (Å²) in [7, 11) is 0. The summed E-state index contributed by atoms with van der Waals surface area (Å²) in [6.45, 7) is 4.61. The van der Waals surface area contributed by atoms with Crippen molar-refractivity contribution in [2.75, 3.05) is 12.5 Å². The maximum Gasteiger partial charge on any atom is 0.0908 e. The van der Waals surface area contributed by atoms with E-state index in [0.29, 0.717) is 6.61 Å². The molecule has 1 N–H and O–H groups in total. The number of halogens is 1. The Bertz CT molecular complexity index is 120.